The number of aromatic nitrogens is 2. The van der Waals surface area contributed by atoms with E-state index in [0.717, 1.165) is 4.57 Å². The van der Waals surface area contributed by atoms with Crippen LogP contribution in [0.3, 0.4) is 0 Å². The molecule has 1 aliphatic heterocycles. The number of aromatic amines is 1. The molecular formula is C15H24N4O5. The van der Waals surface area contributed by atoms with Gasteiger partial charge in [0.15, 0.2) is 5.78 Å². The minimum absolute atomic E-state index is 0.00726. The molecule has 1 saturated heterocycles. The Morgan fingerprint density at radius 3 is 2.54 bits per heavy atom. The molecule has 3 N–H and O–H groups in total. The summed E-state index contributed by atoms with van der Waals surface area (Å²) in [6.45, 7) is 5.49. The normalized spacial score (nSPS) is 21.8. The first-order valence-electron chi connectivity index (χ1n) is 7.86. The smallest absolute Gasteiger partial charge is 0.330 e. The van der Waals surface area contributed by atoms with Gasteiger partial charge in [-0.25, -0.2) is 4.79 Å². The highest BCUT2D eigenvalue weighted by molar-refractivity contribution is 6.01. The standard InChI is InChI=1S/C15H24N4O5/c1-9-6-18(7-10(2)24-9)8-11(20)12-13(16)19(4-5-23-3)15(22)17-14(12)21/h9-10H,4-8,16H2,1-3H3,(H,17,21,22)/t9-,10-/m1/s1. The van der Waals surface area contributed by atoms with Gasteiger partial charge in [0, 0.05) is 20.2 Å². The largest absolute Gasteiger partial charge is 0.384 e. The molecule has 1 aromatic rings. The highest BCUT2D eigenvalue weighted by Gasteiger charge is 2.26. The second-order valence-electron chi connectivity index (χ2n) is 6.04. The molecule has 1 fully saturated rings. The van der Waals surface area contributed by atoms with Crippen LogP contribution < -0.4 is 17.0 Å². The molecular weight excluding hydrogens is 316 g/mol. The molecule has 2 heterocycles. The van der Waals surface area contributed by atoms with Crippen LogP contribution >= 0.6 is 0 Å². The van der Waals surface area contributed by atoms with Crippen LogP contribution in [0.4, 0.5) is 5.82 Å². The van der Waals surface area contributed by atoms with Crippen molar-refractivity contribution in [3.8, 4) is 0 Å². The lowest BCUT2D eigenvalue weighted by atomic mass is 10.1. The van der Waals surface area contributed by atoms with Crippen molar-refractivity contribution in [2.75, 3.05) is 39.1 Å². The molecule has 24 heavy (non-hydrogen) atoms. The Hall–Kier alpha value is -1.97. The summed E-state index contributed by atoms with van der Waals surface area (Å²) in [5.74, 6) is -0.540. The number of nitrogens with two attached hydrogens (primary N) is 1. The van der Waals surface area contributed by atoms with Crippen molar-refractivity contribution in [2.24, 2.45) is 0 Å². The number of H-pyrrole nitrogens is 1. The van der Waals surface area contributed by atoms with Crippen molar-refractivity contribution in [1.29, 1.82) is 0 Å². The third-order valence-corrected chi connectivity index (χ3v) is 3.90. The van der Waals surface area contributed by atoms with Crippen molar-refractivity contribution >= 4 is 11.6 Å². The minimum Gasteiger partial charge on any atom is -0.384 e. The monoisotopic (exact) mass is 340 g/mol. The molecule has 1 aromatic heterocycles. The Labute approximate surface area is 139 Å². The number of nitrogens with zero attached hydrogens (tertiary/aromatic N) is 2. The number of carbonyl (C=O) groups excluding carboxylic acids is 1. The van der Waals surface area contributed by atoms with Crippen LogP contribution in [0.5, 0.6) is 0 Å². The van der Waals surface area contributed by atoms with E-state index in [1.165, 1.54) is 7.11 Å². The first-order valence-corrected chi connectivity index (χ1v) is 7.86. The van der Waals surface area contributed by atoms with Gasteiger partial charge in [0.2, 0.25) is 0 Å². The van der Waals surface area contributed by atoms with Crippen LogP contribution in [-0.4, -0.2) is 65.8 Å². The topological polar surface area (TPSA) is 120 Å². The summed E-state index contributed by atoms with van der Waals surface area (Å²) in [6, 6.07) is 0. The van der Waals surface area contributed by atoms with E-state index in [-0.39, 0.29) is 43.3 Å². The van der Waals surface area contributed by atoms with E-state index in [1.54, 1.807) is 0 Å². The lowest BCUT2D eigenvalue weighted by Gasteiger charge is -2.34. The van der Waals surface area contributed by atoms with Crippen molar-refractivity contribution in [3.05, 3.63) is 26.4 Å². The van der Waals surface area contributed by atoms with E-state index in [4.69, 9.17) is 15.2 Å². The third-order valence-electron chi connectivity index (χ3n) is 3.90. The Bertz CT molecular complexity index is 701. The number of hydrogen-bond donors (Lipinski definition) is 2. The number of anilines is 1. The van der Waals surface area contributed by atoms with Gasteiger partial charge in [-0.15, -0.1) is 0 Å². The lowest BCUT2D eigenvalue weighted by Crippen LogP contribution is -2.48. The van der Waals surface area contributed by atoms with Crippen molar-refractivity contribution in [3.63, 3.8) is 0 Å². The van der Waals surface area contributed by atoms with Crippen molar-refractivity contribution in [1.82, 2.24) is 14.5 Å². The van der Waals surface area contributed by atoms with E-state index < -0.39 is 17.0 Å². The van der Waals surface area contributed by atoms with E-state index in [9.17, 15) is 14.4 Å². The molecule has 134 valence electrons. The summed E-state index contributed by atoms with van der Waals surface area (Å²) in [7, 11) is 1.49. The van der Waals surface area contributed by atoms with Crippen LogP contribution in [0.25, 0.3) is 0 Å². The van der Waals surface area contributed by atoms with Gasteiger partial charge >= 0.3 is 5.69 Å². The highest BCUT2D eigenvalue weighted by atomic mass is 16.5. The van der Waals surface area contributed by atoms with Crippen LogP contribution in [-0.2, 0) is 16.0 Å². The zero-order valence-corrected chi connectivity index (χ0v) is 14.2. The maximum Gasteiger partial charge on any atom is 0.330 e. The summed E-state index contributed by atoms with van der Waals surface area (Å²) in [4.78, 5) is 40.5. The molecule has 9 heteroatoms. The van der Waals surface area contributed by atoms with E-state index >= 15 is 0 Å². The predicted molar refractivity (Wildman–Crippen MR) is 88.4 cm³/mol. The Morgan fingerprint density at radius 1 is 1.33 bits per heavy atom. The number of nitrogens with one attached hydrogen (secondary N) is 1. The number of ketones is 1. The molecule has 0 unspecified atom stereocenters. The minimum atomic E-state index is -0.759. The fourth-order valence-electron chi connectivity index (χ4n) is 2.96. The van der Waals surface area contributed by atoms with Gasteiger partial charge in [0.05, 0.1) is 31.9 Å². The van der Waals surface area contributed by atoms with Gasteiger partial charge < -0.3 is 15.2 Å². The summed E-state index contributed by atoms with van der Waals surface area (Å²) in [5, 5.41) is 0. The molecule has 0 saturated carbocycles. The third kappa shape index (κ3) is 4.11. The SMILES string of the molecule is COCCn1c(N)c(C(=O)CN2C[C@@H](C)O[C@H](C)C2)c(=O)[nH]c1=O. The molecule has 0 bridgehead atoms. The average molecular weight is 340 g/mol. The first-order chi connectivity index (χ1) is 11.3. The van der Waals surface area contributed by atoms with Gasteiger partial charge in [-0.1, -0.05) is 0 Å². The number of Topliss-reactive ketones (excluding diaryl/α,β-unsaturated/α-hetero) is 1. The van der Waals surface area contributed by atoms with Gasteiger partial charge in [-0.2, -0.15) is 0 Å². The molecule has 0 amide bonds. The van der Waals surface area contributed by atoms with Crippen LogP contribution in [0.1, 0.15) is 24.2 Å². The maximum absolute atomic E-state index is 12.6. The summed E-state index contributed by atoms with van der Waals surface area (Å²) in [5.41, 5.74) is 4.32. The quantitative estimate of drug-likeness (QED) is 0.641. The zero-order valence-electron chi connectivity index (χ0n) is 14.2. The van der Waals surface area contributed by atoms with Gasteiger partial charge in [0.25, 0.3) is 5.56 Å². The fourth-order valence-corrected chi connectivity index (χ4v) is 2.96. The van der Waals surface area contributed by atoms with Crippen LogP contribution in [0, 0.1) is 0 Å². The highest BCUT2D eigenvalue weighted by Crippen LogP contribution is 2.12. The fraction of sp³-hybridized carbons (Fsp3) is 0.667. The number of methoxy groups -OCH3 is 1. The van der Waals surface area contributed by atoms with E-state index in [2.05, 4.69) is 4.98 Å². The number of rotatable bonds is 6. The molecule has 0 aromatic carbocycles. The number of nitrogen functional groups attached to an aromatic ring is 1. The molecule has 2 rings (SSSR count). The van der Waals surface area contributed by atoms with Crippen molar-refractivity contribution in [2.45, 2.75) is 32.6 Å². The molecule has 0 spiro atoms. The maximum atomic E-state index is 12.6. The summed E-state index contributed by atoms with van der Waals surface area (Å²) in [6.07, 6.45) is 0.0145. The summed E-state index contributed by atoms with van der Waals surface area (Å²) < 4.78 is 11.7. The average Bonchev–Trinajstić information content (AvgIpc) is 2.45. The Balaban J connectivity index is 2.25. The number of morpholine rings is 1. The Morgan fingerprint density at radius 2 is 1.96 bits per heavy atom. The van der Waals surface area contributed by atoms with Crippen LogP contribution in [0.15, 0.2) is 9.59 Å². The molecule has 9 nitrogen and oxygen atoms in total. The first kappa shape index (κ1) is 18.4. The van der Waals surface area contributed by atoms with Gasteiger partial charge in [-0.05, 0) is 13.8 Å². The van der Waals surface area contributed by atoms with E-state index in [1.807, 2.05) is 18.7 Å². The number of ether oxygens (including phenoxy) is 2. The van der Waals surface area contributed by atoms with Gasteiger partial charge in [-0.3, -0.25) is 24.0 Å². The van der Waals surface area contributed by atoms with Gasteiger partial charge in [0.1, 0.15) is 11.4 Å². The molecule has 0 aliphatic carbocycles. The zero-order chi connectivity index (χ0) is 17.9. The Kier molecular flexibility index (Phi) is 5.92. The van der Waals surface area contributed by atoms with E-state index in [0.29, 0.717) is 13.1 Å². The molecule has 2 atom stereocenters. The number of carbonyl (C=O) groups is 1. The predicted octanol–water partition coefficient (Wildman–Crippen LogP) is -0.943. The second kappa shape index (κ2) is 7.73. The second-order valence-corrected chi connectivity index (χ2v) is 6.04. The van der Waals surface area contributed by atoms with Crippen LogP contribution in [0.2, 0.25) is 0 Å². The molecule has 1 aliphatic rings. The number of hydrogen-bond acceptors (Lipinski definition) is 7. The summed E-state index contributed by atoms with van der Waals surface area (Å²) >= 11 is 0. The lowest BCUT2D eigenvalue weighted by molar-refractivity contribution is -0.0652. The van der Waals surface area contributed by atoms with Crippen molar-refractivity contribution < 1.29 is 14.3 Å². The molecule has 0 radical (unpaired) electrons.